The van der Waals surface area contributed by atoms with Crippen molar-refractivity contribution in [2.45, 2.75) is 6.18 Å². The molecule has 0 unspecified atom stereocenters. The van der Waals surface area contributed by atoms with Gasteiger partial charge in [-0.1, -0.05) is 24.3 Å². The van der Waals surface area contributed by atoms with E-state index in [1.807, 2.05) is 24.3 Å². The minimum Gasteiger partial charge on any atom is -0.314 e. The van der Waals surface area contributed by atoms with E-state index in [0.29, 0.717) is 6.41 Å². The van der Waals surface area contributed by atoms with E-state index in [9.17, 15) is 18.0 Å². The number of halogens is 3. The van der Waals surface area contributed by atoms with Crippen LogP contribution in [0.4, 0.5) is 18.9 Å². The lowest BCUT2D eigenvalue weighted by atomic mass is 10.1. The van der Waals surface area contributed by atoms with Crippen LogP contribution in [0, 0.1) is 0 Å². The molecule has 6 nitrogen and oxygen atoms in total. The Labute approximate surface area is 149 Å². The molecule has 0 atom stereocenters. The molecule has 9 heteroatoms. The summed E-state index contributed by atoms with van der Waals surface area (Å²) in [6.07, 6.45) is 0.503. The van der Waals surface area contributed by atoms with Gasteiger partial charge in [0.05, 0.1) is 16.9 Å². The molecule has 0 aliphatic carbocycles. The number of nitrogens with zero attached hydrogens (tertiary/aromatic N) is 3. The van der Waals surface area contributed by atoms with Crippen LogP contribution in [0.5, 0.6) is 0 Å². The number of para-hydroxylation sites is 1. The molecule has 0 fully saturated rings. The predicted molar refractivity (Wildman–Crippen MR) is 95.2 cm³/mol. The summed E-state index contributed by atoms with van der Waals surface area (Å²) in [5, 5.41) is 2.39. The Kier molecular flexibility index (Phi) is 7.76. The highest BCUT2D eigenvalue weighted by atomic mass is 19.4. The van der Waals surface area contributed by atoms with Gasteiger partial charge in [0.15, 0.2) is 0 Å². The highest BCUT2D eigenvalue weighted by Crippen LogP contribution is 2.29. The first kappa shape index (κ1) is 21.1. The molecule has 1 aromatic carbocycles. The summed E-state index contributed by atoms with van der Waals surface area (Å²) in [7, 11) is 3.15. The summed E-state index contributed by atoms with van der Waals surface area (Å²) in [6.45, 7) is 0. The van der Waals surface area contributed by atoms with Gasteiger partial charge in [0, 0.05) is 20.3 Å². The van der Waals surface area contributed by atoms with E-state index < -0.39 is 11.7 Å². The number of amides is 1. The molecule has 1 amide bonds. The third-order valence-electron chi connectivity index (χ3n) is 3.03. The molecule has 4 N–H and O–H groups in total. The smallest absolute Gasteiger partial charge is 0.314 e. The fourth-order valence-corrected chi connectivity index (χ4v) is 1.84. The van der Waals surface area contributed by atoms with Crippen molar-refractivity contribution in [2.24, 2.45) is 11.7 Å². The van der Waals surface area contributed by atoms with Crippen LogP contribution < -0.4 is 16.7 Å². The van der Waals surface area contributed by atoms with Crippen molar-refractivity contribution in [2.75, 3.05) is 19.1 Å². The lowest BCUT2D eigenvalue weighted by molar-refractivity contribution is -0.137. The number of pyridine rings is 1. The van der Waals surface area contributed by atoms with Gasteiger partial charge in [0.2, 0.25) is 6.41 Å². The summed E-state index contributed by atoms with van der Waals surface area (Å²) in [5.41, 5.74) is 1.07. The average molecular weight is 367 g/mol. The Morgan fingerprint density at radius 1 is 1.08 bits per heavy atom. The zero-order chi connectivity index (χ0) is 19.7. The van der Waals surface area contributed by atoms with Crippen molar-refractivity contribution in [3.8, 4) is 0 Å². The number of benzene rings is 1. The number of carbonyl (C=O) groups excluding carboxylic acids is 1. The molecule has 0 bridgehead atoms. The van der Waals surface area contributed by atoms with Crippen molar-refractivity contribution in [1.29, 1.82) is 0 Å². The van der Waals surface area contributed by atoms with Crippen molar-refractivity contribution in [3.63, 3.8) is 0 Å². The number of aromatic nitrogens is 1. The minimum atomic E-state index is -4.37. The third-order valence-corrected chi connectivity index (χ3v) is 3.03. The second kappa shape index (κ2) is 9.54. The van der Waals surface area contributed by atoms with Crippen LogP contribution in [0.3, 0.4) is 0 Å². The first-order valence-corrected chi connectivity index (χ1v) is 7.36. The van der Waals surface area contributed by atoms with Gasteiger partial charge in [-0.05, 0) is 29.8 Å². The molecular weight excluding hydrogens is 347 g/mol. The van der Waals surface area contributed by atoms with E-state index >= 15 is 0 Å². The highest BCUT2D eigenvalue weighted by molar-refractivity contribution is 5.76. The molecule has 1 heterocycles. The van der Waals surface area contributed by atoms with Crippen LogP contribution in [0.15, 0.2) is 42.6 Å². The van der Waals surface area contributed by atoms with E-state index in [-0.39, 0.29) is 5.69 Å². The van der Waals surface area contributed by atoms with Gasteiger partial charge in [-0.3, -0.25) is 14.8 Å². The van der Waals surface area contributed by atoms with E-state index in [1.165, 1.54) is 18.1 Å². The summed E-state index contributed by atoms with van der Waals surface area (Å²) in [4.78, 5) is 13.2. The highest BCUT2D eigenvalue weighted by Gasteiger charge is 2.30. The van der Waals surface area contributed by atoms with Crippen molar-refractivity contribution in [1.82, 2.24) is 9.99 Å². The van der Waals surface area contributed by atoms with Gasteiger partial charge in [-0.25, -0.2) is 11.7 Å². The topological polar surface area (TPSA) is 88.5 Å². The SMILES string of the molecule is CN(N)C=O.CN(N)c1ccccc1/C=C/c1cc(C(F)(F)F)ccn1. The van der Waals surface area contributed by atoms with Gasteiger partial charge in [0.25, 0.3) is 0 Å². The number of hydrogen-bond acceptors (Lipinski definition) is 5. The van der Waals surface area contributed by atoms with Gasteiger partial charge in [0.1, 0.15) is 0 Å². The standard InChI is InChI=1S/C15H14F3N3.C2H6N2O/c1-21(19)14-5-3-2-4-11(14)6-7-13-10-12(8-9-20-13)15(16,17)18;1-4(3)2-5/h2-10H,19H2,1H3;2H,3H2,1H3/b7-6+;. The van der Waals surface area contributed by atoms with Gasteiger partial charge in [-0.15, -0.1) is 0 Å². The fourth-order valence-electron chi connectivity index (χ4n) is 1.84. The zero-order valence-corrected chi connectivity index (χ0v) is 14.3. The lowest BCUT2D eigenvalue weighted by Gasteiger charge is -2.14. The molecule has 0 aliphatic heterocycles. The Hall–Kier alpha value is -2.91. The number of carbonyl (C=O) groups is 1. The molecule has 0 radical (unpaired) electrons. The molecular formula is C17H20F3N5O. The summed E-state index contributed by atoms with van der Waals surface area (Å²) in [6, 6.07) is 9.25. The maximum absolute atomic E-state index is 12.6. The van der Waals surface area contributed by atoms with Crippen LogP contribution in [-0.2, 0) is 11.0 Å². The third kappa shape index (κ3) is 6.91. The van der Waals surface area contributed by atoms with Crippen LogP contribution in [0.1, 0.15) is 16.8 Å². The molecule has 140 valence electrons. The van der Waals surface area contributed by atoms with E-state index in [4.69, 9.17) is 11.7 Å². The number of rotatable bonds is 4. The van der Waals surface area contributed by atoms with Crippen LogP contribution in [0.2, 0.25) is 0 Å². The van der Waals surface area contributed by atoms with Crippen LogP contribution in [0.25, 0.3) is 12.2 Å². The molecule has 0 spiro atoms. The Bertz CT molecular complexity index is 745. The quantitative estimate of drug-likeness (QED) is 0.375. The molecule has 0 saturated heterocycles. The normalized spacial score (nSPS) is 10.9. The molecule has 0 saturated carbocycles. The molecule has 1 aromatic heterocycles. The zero-order valence-electron chi connectivity index (χ0n) is 14.3. The molecule has 2 rings (SSSR count). The largest absolute Gasteiger partial charge is 0.416 e. The van der Waals surface area contributed by atoms with Crippen LogP contribution >= 0.6 is 0 Å². The second-order valence-electron chi connectivity index (χ2n) is 5.24. The number of alkyl halides is 3. The van der Waals surface area contributed by atoms with Crippen LogP contribution in [-0.4, -0.2) is 30.5 Å². The van der Waals surface area contributed by atoms with Crippen molar-refractivity contribution >= 4 is 24.2 Å². The van der Waals surface area contributed by atoms with Gasteiger partial charge < -0.3 is 5.01 Å². The maximum Gasteiger partial charge on any atom is 0.416 e. The summed E-state index contributed by atoms with van der Waals surface area (Å²) in [5.74, 6) is 10.5. The number of nitrogens with two attached hydrogens (primary N) is 2. The van der Waals surface area contributed by atoms with E-state index in [0.717, 1.165) is 34.6 Å². The monoisotopic (exact) mass is 367 g/mol. The summed E-state index contributed by atoms with van der Waals surface area (Å²) >= 11 is 0. The predicted octanol–water partition coefficient (Wildman–Crippen LogP) is 2.53. The first-order valence-electron chi connectivity index (χ1n) is 7.36. The first-order chi connectivity index (χ1) is 12.1. The van der Waals surface area contributed by atoms with Crippen molar-refractivity contribution < 1.29 is 18.0 Å². The second-order valence-corrected chi connectivity index (χ2v) is 5.24. The van der Waals surface area contributed by atoms with Gasteiger partial charge in [-0.2, -0.15) is 13.2 Å². The summed E-state index contributed by atoms with van der Waals surface area (Å²) < 4.78 is 37.9. The average Bonchev–Trinajstić information content (AvgIpc) is 2.60. The fraction of sp³-hybridized carbons (Fsp3) is 0.176. The maximum atomic E-state index is 12.6. The van der Waals surface area contributed by atoms with E-state index in [1.54, 1.807) is 13.1 Å². The van der Waals surface area contributed by atoms with Crippen molar-refractivity contribution in [3.05, 3.63) is 59.4 Å². The number of hydrogen-bond donors (Lipinski definition) is 2. The molecule has 26 heavy (non-hydrogen) atoms. The van der Waals surface area contributed by atoms with E-state index in [2.05, 4.69) is 4.98 Å². The Morgan fingerprint density at radius 2 is 1.69 bits per heavy atom. The Balaban J connectivity index is 0.000000597. The molecule has 0 aliphatic rings. The minimum absolute atomic E-state index is 0.235. The number of anilines is 1. The lowest BCUT2D eigenvalue weighted by Crippen LogP contribution is -2.25. The molecule has 2 aromatic rings. The van der Waals surface area contributed by atoms with Gasteiger partial charge >= 0.3 is 6.18 Å². The Morgan fingerprint density at radius 3 is 2.23 bits per heavy atom. The number of hydrazine groups is 2.